The number of benzene rings is 3. The molecule has 3 aromatic carbocycles. The zero-order chi connectivity index (χ0) is 27.0. The highest BCUT2D eigenvalue weighted by atomic mass is 16.3. The first-order chi connectivity index (χ1) is 17.0. The van der Waals surface area contributed by atoms with Crippen LogP contribution in [0.2, 0.25) is 0 Å². The van der Waals surface area contributed by atoms with E-state index in [1.165, 1.54) is 23.1 Å². The smallest absolute Gasteiger partial charge is 0.0485 e. The van der Waals surface area contributed by atoms with E-state index in [1.54, 1.807) is 0 Å². The summed E-state index contributed by atoms with van der Waals surface area (Å²) in [4.78, 5) is 0. The fourth-order valence-corrected chi connectivity index (χ4v) is 3.76. The van der Waals surface area contributed by atoms with E-state index in [0.29, 0.717) is 6.54 Å². The molecule has 0 aromatic heterocycles. The monoisotopic (exact) mass is 491 g/mol. The molecule has 0 aliphatic rings. The maximum absolute atomic E-state index is 9.16. The van der Waals surface area contributed by atoms with Crippen molar-refractivity contribution in [3.05, 3.63) is 107 Å². The predicted octanol–water partition coefficient (Wildman–Crippen LogP) is 6.84. The third kappa shape index (κ3) is 14.2. The van der Waals surface area contributed by atoms with Crippen molar-refractivity contribution in [2.45, 2.75) is 67.3 Å². The third-order valence-corrected chi connectivity index (χ3v) is 5.78. The van der Waals surface area contributed by atoms with E-state index in [2.05, 4.69) is 96.1 Å². The van der Waals surface area contributed by atoms with Crippen LogP contribution in [0.5, 0.6) is 0 Å². The van der Waals surface area contributed by atoms with E-state index in [0.717, 1.165) is 24.3 Å². The van der Waals surface area contributed by atoms with Crippen molar-refractivity contribution in [1.29, 1.82) is 0 Å². The minimum atomic E-state index is -0.0484. The third-order valence-electron chi connectivity index (χ3n) is 5.78. The van der Waals surface area contributed by atoms with Gasteiger partial charge in [0.15, 0.2) is 0 Å². The lowest BCUT2D eigenvalue weighted by Gasteiger charge is -2.21. The summed E-state index contributed by atoms with van der Waals surface area (Å²) in [7, 11) is 0. The van der Waals surface area contributed by atoms with Gasteiger partial charge >= 0.3 is 0 Å². The number of hydrogen-bond donors (Lipinski definition) is 3. The summed E-state index contributed by atoms with van der Waals surface area (Å²) in [6.07, 6.45) is 3.02. The van der Waals surface area contributed by atoms with Crippen LogP contribution in [0.3, 0.4) is 0 Å². The first-order valence-corrected chi connectivity index (χ1v) is 13.1. The van der Waals surface area contributed by atoms with Gasteiger partial charge in [-0.1, -0.05) is 126 Å². The molecule has 3 nitrogen and oxygen atoms in total. The average Bonchev–Trinajstić information content (AvgIpc) is 2.85. The van der Waals surface area contributed by atoms with E-state index in [4.69, 9.17) is 15.9 Å². The molecule has 0 aliphatic heterocycles. The maximum Gasteiger partial charge on any atom is 0.0485 e. The van der Waals surface area contributed by atoms with Crippen molar-refractivity contribution in [2.24, 2.45) is 22.5 Å². The van der Waals surface area contributed by atoms with Gasteiger partial charge in [0.2, 0.25) is 0 Å². The fraction of sp³-hybridized carbons (Fsp3) is 0.455. The lowest BCUT2D eigenvalue weighted by Crippen LogP contribution is -2.19. The Morgan fingerprint density at radius 1 is 0.611 bits per heavy atom. The molecule has 0 aliphatic carbocycles. The summed E-state index contributed by atoms with van der Waals surface area (Å²) in [6.45, 7) is 13.8. The minimum absolute atomic E-state index is 0.00134. The Bertz CT molecular complexity index is 950. The summed E-state index contributed by atoms with van der Waals surface area (Å²) in [6, 6.07) is 29.1. The van der Waals surface area contributed by atoms with Crippen molar-refractivity contribution in [1.82, 2.24) is 0 Å². The van der Waals surface area contributed by atoms with Crippen LogP contribution in [-0.2, 0) is 25.8 Å². The Labute approximate surface area is 220 Å². The van der Waals surface area contributed by atoms with Crippen molar-refractivity contribution >= 4 is 0 Å². The lowest BCUT2D eigenvalue weighted by molar-refractivity contribution is 0.159. The van der Waals surface area contributed by atoms with Crippen molar-refractivity contribution in [2.75, 3.05) is 13.2 Å². The molecule has 0 amide bonds. The standard InChI is InChI=1S/C12H19NO.C11H16O.C10H14/c1-12(2,9-14)7-10-4-3-5-11(6-10)8-13;1-11(2,9-12)8-10-6-4-3-5-7-10;1-9(2)8-10-6-4-3-5-7-10/h3-6,14H,7-9,13H2,1-2H3;3-7,12H,8-9H2,1-2H3;3-7,9H,8H2,1-2H3. The van der Waals surface area contributed by atoms with Gasteiger partial charge < -0.3 is 15.9 Å². The number of aliphatic hydroxyl groups is 2. The maximum atomic E-state index is 9.16. The molecule has 4 N–H and O–H groups in total. The molecule has 0 bridgehead atoms. The van der Waals surface area contributed by atoms with Crippen LogP contribution in [0.15, 0.2) is 84.9 Å². The fourth-order valence-electron chi connectivity index (χ4n) is 3.76. The van der Waals surface area contributed by atoms with Crippen LogP contribution >= 0.6 is 0 Å². The van der Waals surface area contributed by atoms with E-state index in [1.807, 2.05) is 30.3 Å². The van der Waals surface area contributed by atoms with Gasteiger partial charge in [-0.05, 0) is 58.3 Å². The van der Waals surface area contributed by atoms with E-state index in [9.17, 15) is 0 Å². The molecule has 0 atom stereocenters. The predicted molar refractivity (Wildman–Crippen MR) is 155 cm³/mol. The number of aliphatic hydroxyl groups excluding tert-OH is 2. The van der Waals surface area contributed by atoms with Crippen LogP contribution in [-0.4, -0.2) is 23.4 Å². The normalized spacial score (nSPS) is 11.3. The molecular weight excluding hydrogens is 442 g/mol. The van der Waals surface area contributed by atoms with Gasteiger partial charge in [0.1, 0.15) is 0 Å². The zero-order valence-electron chi connectivity index (χ0n) is 23.4. The second kappa shape index (κ2) is 16.3. The molecule has 0 spiro atoms. The van der Waals surface area contributed by atoms with Crippen LogP contribution in [0.4, 0.5) is 0 Å². The Morgan fingerprint density at radius 3 is 1.47 bits per heavy atom. The Kier molecular flexibility index (Phi) is 14.3. The van der Waals surface area contributed by atoms with Crippen LogP contribution in [0.25, 0.3) is 0 Å². The topological polar surface area (TPSA) is 66.5 Å². The van der Waals surface area contributed by atoms with Gasteiger partial charge in [0, 0.05) is 19.8 Å². The molecule has 0 fully saturated rings. The highest BCUT2D eigenvalue weighted by Crippen LogP contribution is 2.21. The minimum Gasteiger partial charge on any atom is -0.396 e. The van der Waals surface area contributed by atoms with Gasteiger partial charge in [-0.15, -0.1) is 0 Å². The molecule has 3 heteroatoms. The largest absolute Gasteiger partial charge is 0.396 e. The Hall–Kier alpha value is -2.46. The van der Waals surface area contributed by atoms with E-state index >= 15 is 0 Å². The number of hydrogen-bond acceptors (Lipinski definition) is 3. The van der Waals surface area contributed by atoms with Crippen LogP contribution in [0.1, 0.15) is 63.8 Å². The molecule has 3 aromatic rings. The molecule has 198 valence electrons. The molecule has 0 saturated carbocycles. The van der Waals surface area contributed by atoms with Crippen LogP contribution < -0.4 is 5.73 Å². The van der Waals surface area contributed by atoms with E-state index < -0.39 is 0 Å². The SMILES string of the molecule is CC(C)(CO)Cc1cccc(CN)c1.CC(C)(CO)Cc1ccccc1.CC(C)Cc1ccccc1. The highest BCUT2D eigenvalue weighted by Gasteiger charge is 2.17. The molecule has 0 heterocycles. The quantitative estimate of drug-likeness (QED) is 0.307. The van der Waals surface area contributed by atoms with E-state index in [-0.39, 0.29) is 24.0 Å². The number of nitrogens with two attached hydrogens (primary N) is 1. The summed E-state index contributed by atoms with van der Waals surface area (Å²) >= 11 is 0. The van der Waals surface area contributed by atoms with Crippen molar-refractivity contribution < 1.29 is 10.2 Å². The van der Waals surface area contributed by atoms with Gasteiger partial charge in [-0.25, -0.2) is 0 Å². The van der Waals surface area contributed by atoms with Gasteiger partial charge in [0.25, 0.3) is 0 Å². The summed E-state index contributed by atoms with van der Waals surface area (Å²) in [5.74, 6) is 0.766. The molecule has 0 unspecified atom stereocenters. The first kappa shape index (κ1) is 31.6. The van der Waals surface area contributed by atoms with Crippen LogP contribution in [0, 0.1) is 16.7 Å². The van der Waals surface area contributed by atoms with Gasteiger partial charge in [0.05, 0.1) is 0 Å². The van der Waals surface area contributed by atoms with Crippen molar-refractivity contribution in [3.8, 4) is 0 Å². The molecule has 0 saturated heterocycles. The second-order valence-corrected chi connectivity index (χ2v) is 11.6. The lowest BCUT2D eigenvalue weighted by atomic mass is 9.86. The van der Waals surface area contributed by atoms with Gasteiger partial charge in [-0.3, -0.25) is 0 Å². The Morgan fingerprint density at radius 2 is 1.03 bits per heavy atom. The van der Waals surface area contributed by atoms with Gasteiger partial charge in [-0.2, -0.15) is 0 Å². The molecule has 3 rings (SSSR count). The highest BCUT2D eigenvalue weighted by molar-refractivity contribution is 5.24. The first-order valence-electron chi connectivity index (χ1n) is 13.1. The van der Waals surface area contributed by atoms with Crippen molar-refractivity contribution in [3.63, 3.8) is 0 Å². The zero-order valence-corrected chi connectivity index (χ0v) is 23.4. The molecular formula is C33H49NO2. The summed E-state index contributed by atoms with van der Waals surface area (Å²) in [5, 5.41) is 18.2. The second-order valence-electron chi connectivity index (χ2n) is 11.6. The average molecular weight is 492 g/mol. The Balaban J connectivity index is 0.000000274. The summed E-state index contributed by atoms with van der Waals surface area (Å²) in [5.41, 5.74) is 10.6. The number of rotatable bonds is 9. The molecule has 0 radical (unpaired) electrons. The molecule has 36 heavy (non-hydrogen) atoms. The summed E-state index contributed by atoms with van der Waals surface area (Å²) < 4.78 is 0.